The summed E-state index contributed by atoms with van der Waals surface area (Å²) in [6.45, 7) is 4.73. The molecule has 3 aromatic carbocycles. The van der Waals surface area contributed by atoms with Crippen molar-refractivity contribution in [2.45, 2.75) is 19.4 Å². The van der Waals surface area contributed by atoms with Crippen LogP contribution in [0, 0.1) is 0 Å². The molecule has 0 aliphatic carbocycles. The Kier molecular flexibility index (Phi) is 8.46. The van der Waals surface area contributed by atoms with Crippen molar-refractivity contribution in [1.29, 1.82) is 0 Å². The lowest BCUT2D eigenvalue weighted by molar-refractivity contribution is -0.0157. The van der Waals surface area contributed by atoms with Gasteiger partial charge in [-0.1, -0.05) is 67.3 Å². The van der Waals surface area contributed by atoms with E-state index in [2.05, 4.69) is 11.9 Å². The highest BCUT2D eigenvalue weighted by atomic mass is 16.6. The zero-order valence-corrected chi connectivity index (χ0v) is 17.6. The van der Waals surface area contributed by atoms with Crippen LogP contribution in [0.15, 0.2) is 79.4 Å². The number of carbonyl (C=O) groups excluding carboxylic acids is 1. The normalized spacial score (nSPS) is 11.6. The monoisotopic (exact) mass is 421 g/mol. The summed E-state index contributed by atoms with van der Waals surface area (Å²) in [4.78, 5) is 12.3. The fourth-order valence-electron chi connectivity index (χ4n) is 3.01. The maximum Gasteiger partial charge on any atom is 0.409 e. The minimum atomic E-state index is -0.621. The van der Waals surface area contributed by atoms with Crippen LogP contribution in [-0.2, 0) is 27.4 Å². The van der Waals surface area contributed by atoms with Gasteiger partial charge in [-0.2, -0.15) is 0 Å². The molecule has 0 aliphatic heterocycles. The molecule has 0 bridgehead atoms. The summed E-state index contributed by atoms with van der Waals surface area (Å²) in [5.41, 5.74) is 1.81. The molecule has 1 unspecified atom stereocenters. The van der Waals surface area contributed by atoms with Gasteiger partial charge in [0.25, 0.3) is 0 Å². The second-order valence-corrected chi connectivity index (χ2v) is 6.85. The smallest absolute Gasteiger partial charge is 0.409 e. The summed E-state index contributed by atoms with van der Waals surface area (Å²) in [5, 5.41) is 4.74. The molecule has 1 amide bonds. The molecule has 162 valence electrons. The lowest BCUT2D eigenvalue weighted by Crippen LogP contribution is -2.39. The van der Waals surface area contributed by atoms with Gasteiger partial charge in [0.1, 0.15) is 19.0 Å². The van der Waals surface area contributed by atoms with E-state index in [-0.39, 0.29) is 13.2 Å². The van der Waals surface area contributed by atoms with E-state index in [1.54, 1.807) is 6.08 Å². The van der Waals surface area contributed by atoms with E-state index in [1.165, 1.54) is 7.11 Å². The highest BCUT2D eigenvalue weighted by Gasteiger charge is 2.14. The Morgan fingerprint density at radius 2 is 1.74 bits per heavy atom. The minimum absolute atomic E-state index is 0.0600. The summed E-state index contributed by atoms with van der Waals surface area (Å²) in [6.07, 6.45) is 0.452. The molecule has 3 rings (SSSR count). The first kappa shape index (κ1) is 22.3. The van der Waals surface area contributed by atoms with Crippen LogP contribution in [0.3, 0.4) is 0 Å². The molecular weight excluding hydrogens is 394 g/mol. The molecule has 0 aromatic heterocycles. The first-order valence-electron chi connectivity index (χ1n) is 10.0. The number of nitrogens with one attached hydrogen (secondary N) is 1. The van der Waals surface area contributed by atoms with Gasteiger partial charge in [-0.05, 0) is 28.5 Å². The Labute approximate surface area is 182 Å². The van der Waals surface area contributed by atoms with E-state index in [1.807, 2.05) is 66.7 Å². The van der Waals surface area contributed by atoms with Crippen LogP contribution in [-0.4, -0.2) is 32.6 Å². The molecule has 0 radical (unpaired) electrons. The van der Waals surface area contributed by atoms with Crippen molar-refractivity contribution in [3.8, 4) is 5.75 Å². The van der Waals surface area contributed by atoms with Crippen LogP contribution in [0.1, 0.15) is 11.1 Å². The Morgan fingerprint density at radius 3 is 2.45 bits per heavy atom. The predicted molar refractivity (Wildman–Crippen MR) is 120 cm³/mol. The number of ether oxygens (including phenoxy) is 4. The number of carbonyl (C=O) groups is 1. The van der Waals surface area contributed by atoms with Gasteiger partial charge < -0.3 is 18.9 Å². The van der Waals surface area contributed by atoms with Crippen LogP contribution in [0.2, 0.25) is 0 Å². The number of benzene rings is 3. The summed E-state index contributed by atoms with van der Waals surface area (Å²) in [6, 6.07) is 21.6. The Hall–Kier alpha value is -3.35. The predicted octanol–water partition coefficient (Wildman–Crippen LogP) is 4.82. The summed E-state index contributed by atoms with van der Waals surface area (Å²) < 4.78 is 22.0. The molecule has 1 atom stereocenters. The Bertz CT molecular complexity index is 990. The van der Waals surface area contributed by atoms with Crippen molar-refractivity contribution in [1.82, 2.24) is 5.32 Å². The zero-order valence-electron chi connectivity index (χ0n) is 17.6. The third-order valence-corrected chi connectivity index (χ3v) is 4.59. The van der Waals surface area contributed by atoms with Crippen LogP contribution in [0.5, 0.6) is 5.75 Å². The minimum Gasteiger partial charge on any atom is -0.489 e. The van der Waals surface area contributed by atoms with Gasteiger partial charge in [-0.15, -0.1) is 0 Å². The molecule has 0 saturated carbocycles. The molecule has 3 aromatic rings. The fraction of sp³-hybridized carbons (Fsp3) is 0.240. The Balaban J connectivity index is 1.54. The van der Waals surface area contributed by atoms with Crippen molar-refractivity contribution >= 4 is 16.9 Å². The average molecular weight is 421 g/mol. The van der Waals surface area contributed by atoms with E-state index in [0.717, 1.165) is 21.9 Å². The summed E-state index contributed by atoms with van der Waals surface area (Å²) >= 11 is 0. The lowest BCUT2D eigenvalue weighted by atomic mass is 10.1. The van der Waals surface area contributed by atoms with Gasteiger partial charge in [0.2, 0.25) is 0 Å². The number of fused-ring (bicyclic) bond motifs is 1. The zero-order chi connectivity index (χ0) is 21.9. The Morgan fingerprint density at radius 1 is 1.03 bits per heavy atom. The van der Waals surface area contributed by atoms with Gasteiger partial charge in [-0.3, -0.25) is 5.32 Å². The molecule has 6 heteroatoms. The first-order valence-corrected chi connectivity index (χ1v) is 10.0. The molecular formula is C25H27NO5. The summed E-state index contributed by atoms with van der Waals surface area (Å²) in [7, 11) is 1.50. The molecule has 0 heterocycles. The second-order valence-electron chi connectivity index (χ2n) is 6.85. The van der Waals surface area contributed by atoms with Crippen molar-refractivity contribution in [2.75, 3.05) is 20.3 Å². The molecule has 31 heavy (non-hydrogen) atoms. The van der Waals surface area contributed by atoms with Gasteiger partial charge in [0.15, 0.2) is 6.23 Å². The molecule has 0 fully saturated rings. The molecule has 1 N–H and O–H groups in total. The fourth-order valence-corrected chi connectivity index (χ4v) is 3.01. The topological polar surface area (TPSA) is 66.0 Å². The number of hydrogen-bond acceptors (Lipinski definition) is 5. The molecule has 0 spiro atoms. The standard InChI is InChI=1S/C25H27NO5/c1-3-13-30-23-15-21-12-8-7-11-20(21)14-22(23)17-31-25(27)26-24(28-2)18-29-16-19-9-5-4-6-10-19/h3-12,14-15,24H,1,13,16-18H2,2H3,(H,26,27). The number of alkyl carbamates (subject to hydrolysis) is 1. The highest BCUT2D eigenvalue weighted by molar-refractivity contribution is 5.85. The number of hydrogen-bond donors (Lipinski definition) is 1. The largest absolute Gasteiger partial charge is 0.489 e. The highest BCUT2D eigenvalue weighted by Crippen LogP contribution is 2.27. The van der Waals surface area contributed by atoms with Crippen LogP contribution in [0.4, 0.5) is 4.79 Å². The average Bonchev–Trinajstić information content (AvgIpc) is 2.81. The third-order valence-electron chi connectivity index (χ3n) is 4.59. The molecule has 0 saturated heterocycles. The van der Waals surface area contributed by atoms with Crippen LogP contribution < -0.4 is 10.1 Å². The van der Waals surface area contributed by atoms with Crippen molar-refractivity contribution in [3.63, 3.8) is 0 Å². The van der Waals surface area contributed by atoms with Crippen LogP contribution in [0.25, 0.3) is 10.8 Å². The van der Waals surface area contributed by atoms with Gasteiger partial charge in [0.05, 0.1) is 13.2 Å². The van der Waals surface area contributed by atoms with Crippen molar-refractivity contribution in [3.05, 3.63) is 90.5 Å². The van der Waals surface area contributed by atoms with Crippen molar-refractivity contribution in [2.24, 2.45) is 0 Å². The van der Waals surface area contributed by atoms with E-state index in [0.29, 0.717) is 19.0 Å². The maximum absolute atomic E-state index is 12.3. The SMILES string of the molecule is C=CCOc1cc2ccccc2cc1COC(=O)NC(COCc1ccccc1)OC. The van der Waals surface area contributed by atoms with Crippen LogP contribution >= 0.6 is 0 Å². The third kappa shape index (κ3) is 6.84. The van der Waals surface area contributed by atoms with Gasteiger partial charge in [0, 0.05) is 12.7 Å². The van der Waals surface area contributed by atoms with E-state index in [9.17, 15) is 4.79 Å². The molecule has 6 nitrogen and oxygen atoms in total. The summed E-state index contributed by atoms with van der Waals surface area (Å²) in [5.74, 6) is 0.654. The number of methoxy groups -OCH3 is 1. The number of rotatable bonds is 11. The van der Waals surface area contributed by atoms with Gasteiger partial charge in [-0.25, -0.2) is 4.79 Å². The van der Waals surface area contributed by atoms with Gasteiger partial charge >= 0.3 is 6.09 Å². The second kappa shape index (κ2) is 11.7. The maximum atomic E-state index is 12.3. The van der Waals surface area contributed by atoms with E-state index in [4.69, 9.17) is 18.9 Å². The lowest BCUT2D eigenvalue weighted by Gasteiger charge is -2.18. The van der Waals surface area contributed by atoms with E-state index < -0.39 is 12.3 Å². The number of amides is 1. The van der Waals surface area contributed by atoms with Crippen molar-refractivity contribution < 1.29 is 23.7 Å². The molecule has 0 aliphatic rings. The first-order chi connectivity index (χ1) is 15.2. The van der Waals surface area contributed by atoms with E-state index >= 15 is 0 Å². The quantitative estimate of drug-likeness (QED) is 0.355.